The molecule has 1 aromatic heterocycles. The number of aryl methyl sites for hydroxylation is 1. The van der Waals surface area contributed by atoms with Gasteiger partial charge in [0.25, 0.3) is 0 Å². The van der Waals surface area contributed by atoms with Gasteiger partial charge in [0.05, 0.1) is 18.0 Å². The maximum atomic E-state index is 13.2. The zero-order valence-electron chi connectivity index (χ0n) is 13.4. The van der Waals surface area contributed by atoms with Crippen LogP contribution in [-0.2, 0) is 27.6 Å². The average Bonchev–Trinajstić information content (AvgIpc) is 2.93. The van der Waals surface area contributed by atoms with Gasteiger partial charge in [-0.05, 0) is 30.5 Å². The maximum absolute atomic E-state index is 13.2. The topological polar surface area (TPSA) is 73.2 Å². The molecule has 0 saturated carbocycles. The molecule has 0 spiro atoms. The Labute approximate surface area is 140 Å². The van der Waals surface area contributed by atoms with Crippen molar-refractivity contribution in [2.75, 3.05) is 6.61 Å². The molecule has 1 aromatic carbocycles. The highest BCUT2D eigenvalue weighted by Crippen LogP contribution is 2.28. The normalized spacial score (nSPS) is 21.8. The smallest absolute Gasteiger partial charge is 0.216 e. The van der Waals surface area contributed by atoms with Gasteiger partial charge >= 0.3 is 0 Å². The predicted octanol–water partition coefficient (Wildman–Crippen LogP) is 1.90. The van der Waals surface area contributed by atoms with E-state index in [0.717, 1.165) is 12.0 Å². The summed E-state index contributed by atoms with van der Waals surface area (Å²) in [4.78, 5) is 0. The molecule has 3 rings (SSSR count). The van der Waals surface area contributed by atoms with Crippen molar-refractivity contribution in [1.82, 2.24) is 14.5 Å². The van der Waals surface area contributed by atoms with Gasteiger partial charge in [0.1, 0.15) is 11.9 Å². The van der Waals surface area contributed by atoms with Gasteiger partial charge in [-0.25, -0.2) is 17.5 Å². The minimum Gasteiger partial charge on any atom is -0.372 e. The highest BCUT2D eigenvalue weighted by Gasteiger charge is 2.31. The molecule has 8 heteroatoms. The van der Waals surface area contributed by atoms with E-state index in [1.165, 1.54) is 18.2 Å². The van der Waals surface area contributed by atoms with Crippen molar-refractivity contribution in [2.24, 2.45) is 7.05 Å². The van der Waals surface area contributed by atoms with E-state index in [1.54, 1.807) is 24.0 Å². The van der Waals surface area contributed by atoms with Crippen LogP contribution in [0.5, 0.6) is 0 Å². The Bertz CT molecular complexity index is 806. The number of sulfonamides is 1. The lowest BCUT2D eigenvalue weighted by Crippen LogP contribution is -2.43. The molecule has 130 valence electrons. The lowest BCUT2D eigenvalue weighted by Gasteiger charge is -2.31. The van der Waals surface area contributed by atoms with Crippen LogP contribution in [0, 0.1) is 5.82 Å². The van der Waals surface area contributed by atoms with Gasteiger partial charge < -0.3 is 4.74 Å². The number of halogens is 1. The van der Waals surface area contributed by atoms with Crippen molar-refractivity contribution >= 4 is 10.0 Å². The number of ether oxygens (including phenoxy) is 1. The summed E-state index contributed by atoms with van der Waals surface area (Å²) in [5.74, 6) is -0.710. The Balaban J connectivity index is 1.74. The van der Waals surface area contributed by atoms with Crippen LogP contribution in [0.15, 0.2) is 36.7 Å². The molecule has 1 aliphatic heterocycles. The van der Waals surface area contributed by atoms with Crippen molar-refractivity contribution in [3.05, 3.63) is 53.6 Å². The summed E-state index contributed by atoms with van der Waals surface area (Å²) >= 11 is 0. The molecule has 1 fully saturated rings. The van der Waals surface area contributed by atoms with Crippen molar-refractivity contribution in [1.29, 1.82) is 0 Å². The minimum atomic E-state index is -3.61. The molecule has 2 heterocycles. The van der Waals surface area contributed by atoms with Crippen LogP contribution in [0.4, 0.5) is 4.39 Å². The molecule has 24 heavy (non-hydrogen) atoms. The van der Waals surface area contributed by atoms with E-state index < -0.39 is 15.8 Å². The molecule has 0 bridgehead atoms. The molecule has 1 N–H and O–H groups in total. The Morgan fingerprint density at radius 1 is 1.46 bits per heavy atom. The summed E-state index contributed by atoms with van der Waals surface area (Å²) in [6.45, 7) is 0.585. The molecule has 0 aliphatic carbocycles. The summed E-state index contributed by atoms with van der Waals surface area (Å²) in [5.41, 5.74) is 1.26. The van der Waals surface area contributed by atoms with Gasteiger partial charge in [0.15, 0.2) is 0 Å². The van der Waals surface area contributed by atoms with Crippen LogP contribution >= 0.6 is 0 Å². The second-order valence-electron chi connectivity index (χ2n) is 5.99. The highest BCUT2D eigenvalue weighted by molar-refractivity contribution is 7.88. The molecule has 0 radical (unpaired) electrons. The highest BCUT2D eigenvalue weighted by atomic mass is 32.2. The lowest BCUT2D eigenvalue weighted by atomic mass is 9.99. The standard InChI is InChI=1S/C16H20FN3O3S/c1-20-10-13(9-18-20)16-15(6-3-7-23-16)19-24(21,22)11-12-4-2-5-14(17)8-12/h2,4-5,8-10,15-16,19H,3,6-7,11H2,1H3/t15-,16+/m0/s1. The van der Waals surface area contributed by atoms with Crippen LogP contribution in [0.25, 0.3) is 0 Å². The molecule has 0 unspecified atom stereocenters. The van der Waals surface area contributed by atoms with Crippen molar-refractivity contribution < 1.29 is 17.5 Å². The van der Waals surface area contributed by atoms with E-state index in [1.807, 2.05) is 6.20 Å². The summed E-state index contributed by atoms with van der Waals surface area (Å²) < 4.78 is 48.3. The second kappa shape index (κ2) is 7.00. The molecule has 0 amide bonds. The fraction of sp³-hybridized carbons (Fsp3) is 0.438. The SMILES string of the molecule is Cn1cc([C@H]2OCCC[C@@H]2NS(=O)(=O)Cc2cccc(F)c2)cn1. The minimum absolute atomic E-state index is 0.263. The van der Waals surface area contributed by atoms with E-state index in [-0.39, 0.29) is 17.9 Å². The average molecular weight is 353 g/mol. The van der Waals surface area contributed by atoms with Gasteiger partial charge in [-0.15, -0.1) is 0 Å². The third kappa shape index (κ3) is 4.19. The molecule has 1 aliphatic rings. The van der Waals surface area contributed by atoms with Crippen molar-refractivity contribution in [3.8, 4) is 0 Å². The fourth-order valence-corrected chi connectivity index (χ4v) is 4.34. The number of nitrogens with zero attached hydrogens (tertiary/aromatic N) is 2. The van der Waals surface area contributed by atoms with Crippen molar-refractivity contribution in [3.63, 3.8) is 0 Å². The number of hydrogen-bond acceptors (Lipinski definition) is 4. The number of benzene rings is 1. The third-order valence-electron chi connectivity index (χ3n) is 3.95. The summed E-state index contributed by atoms with van der Waals surface area (Å²) in [6, 6.07) is 5.26. The fourth-order valence-electron chi connectivity index (χ4n) is 2.94. The van der Waals surface area contributed by atoms with E-state index in [0.29, 0.717) is 18.6 Å². The number of nitrogens with one attached hydrogen (secondary N) is 1. The first kappa shape index (κ1) is 17.1. The van der Waals surface area contributed by atoms with Gasteiger partial charge in [0, 0.05) is 25.4 Å². The largest absolute Gasteiger partial charge is 0.372 e. The second-order valence-corrected chi connectivity index (χ2v) is 7.75. The Morgan fingerprint density at radius 2 is 2.29 bits per heavy atom. The van der Waals surface area contributed by atoms with Gasteiger partial charge in [-0.1, -0.05) is 12.1 Å². The van der Waals surface area contributed by atoms with E-state index >= 15 is 0 Å². The Hall–Kier alpha value is -1.77. The zero-order valence-corrected chi connectivity index (χ0v) is 14.2. The van der Waals surface area contributed by atoms with Crippen LogP contribution in [-0.4, -0.2) is 30.8 Å². The van der Waals surface area contributed by atoms with E-state index in [4.69, 9.17) is 4.74 Å². The first-order chi connectivity index (χ1) is 11.4. The molecular weight excluding hydrogens is 333 g/mol. The summed E-state index contributed by atoms with van der Waals surface area (Å²) in [7, 11) is -1.81. The predicted molar refractivity (Wildman–Crippen MR) is 87.1 cm³/mol. The quantitative estimate of drug-likeness (QED) is 0.891. The Kier molecular flexibility index (Phi) is 4.98. The van der Waals surface area contributed by atoms with Crippen LogP contribution in [0.2, 0.25) is 0 Å². The summed E-state index contributed by atoms with van der Waals surface area (Å²) in [6.07, 6.45) is 4.61. The van der Waals surface area contributed by atoms with Gasteiger partial charge in [-0.2, -0.15) is 5.10 Å². The first-order valence-corrected chi connectivity index (χ1v) is 9.43. The molecule has 2 atom stereocenters. The van der Waals surface area contributed by atoms with Crippen LogP contribution in [0.1, 0.15) is 30.1 Å². The van der Waals surface area contributed by atoms with Gasteiger partial charge in [0.2, 0.25) is 10.0 Å². The maximum Gasteiger partial charge on any atom is 0.216 e. The lowest BCUT2D eigenvalue weighted by molar-refractivity contribution is -0.00447. The van der Waals surface area contributed by atoms with Crippen LogP contribution in [0.3, 0.4) is 0 Å². The summed E-state index contributed by atoms with van der Waals surface area (Å²) in [5, 5.41) is 4.12. The molecular formula is C16H20FN3O3S. The van der Waals surface area contributed by atoms with Gasteiger partial charge in [-0.3, -0.25) is 4.68 Å². The Morgan fingerprint density at radius 3 is 3.00 bits per heavy atom. The molecule has 2 aromatic rings. The first-order valence-electron chi connectivity index (χ1n) is 7.77. The molecule has 6 nitrogen and oxygen atoms in total. The molecule has 1 saturated heterocycles. The third-order valence-corrected chi connectivity index (χ3v) is 5.33. The number of hydrogen-bond donors (Lipinski definition) is 1. The van der Waals surface area contributed by atoms with E-state index in [2.05, 4.69) is 9.82 Å². The van der Waals surface area contributed by atoms with E-state index in [9.17, 15) is 12.8 Å². The van der Waals surface area contributed by atoms with Crippen LogP contribution < -0.4 is 4.72 Å². The number of aromatic nitrogens is 2. The van der Waals surface area contributed by atoms with Crippen molar-refractivity contribution in [2.45, 2.75) is 30.7 Å². The zero-order chi connectivity index (χ0) is 17.2. The number of rotatable bonds is 5. The monoisotopic (exact) mass is 353 g/mol.